The van der Waals surface area contributed by atoms with Crippen molar-refractivity contribution in [3.8, 4) is 0 Å². The second kappa shape index (κ2) is 3.64. The van der Waals surface area contributed by atoms with E-state index in [0.717, 1.165) is 32.6 Å². The Hall–Kier alpha value is -0.340. The van der Waals surface area contributed by atoms with Gasteiger partial charge in [0.2, 0.25) is 0 Å². The molecule has 2 nitrogen and oxygen atoms in total. The molecule has 0 aliphatic carbocycles. The predicted molar refractivity (Wildman–Crippen MR) is 39.3 cm³/mol. The number of rotatable bonds is 3. The first-order valence-electron chi connectivity index (χ1n) is 3.51. The highest BCUT2D eigenvalue weighted by atomic mass is 15.1. The molecule has 1 heterocycles. The van der Waals surface area contributed by atoms with Gasteiger partial charge in [0.05, 0.1) is 0 Å². The summed E-state index contributed by atoms with van der Waals surface area (Å²) in [6, 6.07) is 0. The van der Waals surface area contributed by atoms with Crippen LogP contribution in [0.1, 0.15) is 6.42 Å². The summed E-state index contributed by atoms with van der Waals surface area (Å²) in [6.45, 7) is 4.22. The van der Waals surface area contributed by atoms with Crippen LogP contribution in [-0.4, -0.2) is 31.1 Å². The second-order valence-electron chi connectivity index (χ2n) is 2.37. The van der Waals surface area contributed by atoms with E-state index in [1.807, 2.05) is 0 Å². The molecule has 0 amide bonds. The Balaban J connectivity index is 2.01. The summed E-state index contributed by atoms with van der Waals surface area (Å²) in [5, 5.41) is 0. The maximum Gasteiger partial charge on any atom is 0.0166 e. The smallest absolute Gasteiger partial charge is 0.0166 e. The quantitative estimate of drug-likeness (QED) is 0.548. The summed E-state index contributed by atoms with van der Waals surface area (Å²) < 4.78 is 0. The molecule has 1 rings (SSSR count). The van der Waals surface area contributed by atoms with Gasteiger partial charge in [-0.15, -0.1) is 0 Å². The van der Waals surface area contributed by atoms with Crippen LogP contribution in [0, 0.1) is 0 Å². The Labute approximate surface area is 56.3 Å². The summed E-state index contributed by atoms with van der Waals surface area (Å²) >= 11 is 0. The number of nitrogens with two attached hydrogens (primary N) is 1. The van der Waals surface area contributed by atoms with Crippen molar-refractivity contribution in [2.45, 2.75) is 6.42 Å². The molecule has 0 radical (unpaired) electrons. The van der Waals surface area contributed by atoms with Crippen molar-refractivity contribution in [3.63, 3.8) is 0 Å². The van der Waals surface area contributed by atoms with Crippen LogP contribution < -0.4 is 5.73 Å². The third-order valence-electron chi connectivity index (χ3n) is 1.57. The molecule has 9 heavy (non-hydrogen) atoms. The van der Waals surface area contributed by atoms with Crippen molar-refractivity contribution in [1.82, 2.24) is 4.90 Å². The second-order valence-corrected chi connectivity index (χ2v) is 2.37. The first kappa shape index (κ1) is 6.78. The van der Waals surface area contributed by atoms with E-state index in [1.54, 1.807) is 0 Å². The zero-order valence-electron chi connectivity index (χ0n) is 5.71. The van der Waals surface area contributed by atoms with Gasteiger partial charge in [0.1, 0.15) is 0 Å². The monoisotopic (exact) mass is 126 g/mol. The van der Waals surface area contributed by atoms with Gasteiger partial charge in [0.15, 0.2) is 0 Å². The Bertz CT molecular complexity index is 91.1. The van der Waals surface area contributed by atoms with Crippen LogP contribution in [0.2, 0.25) is 0 Å². The molecule has 2 heteroatoms. The molecular formula is C7H14N2. The Morgan fingerprint density at radius 1 is 1.33 bits per heavy atom. The van der Waals surface area contributed by atoms with Crippen LogP contribution in [0.25, 0.3) is 0 Å². The van der Waals surface area contributed by atoms with Gasteiger partial charge in [0.25, 0.3) is 0 Å². The van der Waals surface area contributed by atoms with Crippen LogP contribution in [0.15, 0.2) is 12.2 Å². The van der Waals surface area contributed by atoms with Gasteiger partial charge in [-0.1, -0.05) is 12.2 Å². The van der Waals surface area contributed by atoms with Crippen molar-refractivity contribution < 1.29 is 0 Å². The lowest BCUT2D eigenvalue weighted by atomic mass is 10.4. The van der Waals surface area contributed by atoms with E-state index in [-0.39, 0.29) is 0 Å². The molecule has 0 saturated heterocycles. The summed E-state index contributed by atoms with van der Waals surface area (Å²) in [5.74, 6) is 0. The first-order valence-corrected chi connectivity index (χ1v) is 3.51. The third kappa shape index (κ3) is 2.16. The van der Waals surface area contributed by atoms with Gasteiger partial charge in [0, 0.05) is 13.1 Å². The first-order chi connectivity index (χ1) is 4.43. The van der Waals surface area contributed by atoms with Crippen LogP contribution in [0.4, 0.5) is 0 Å². The molecule has 52 valence electrons. The highest BCUT2D eigenvalue weighted by Crippen LogP contribution is 1.98. The fourth-order valence-corrected chi connectivity index (χ4v) is 1.02. The number of hydrogen-bond donors (Lipinski definition) is 1. The van der Waals surface area contributed by atoms with Gasteiger partial charge >= 0.3 is 0 Å². The largest absolute Gasteiger partial charge is 0.330 e. The minimum Gasteiger partial charge on any atom is -0.330 e. The van der Waals surface area contributed by atoms with E-state index in [2.05, 4.69) is 17.1 Å². The topological polar surface area (TPSA) is 29.3 Å². The summed E-state index contributed by atoms with van der Waals surface area (Å²) in [7, 11) is 0. The molecule has 0 saturated carbocycles. The Morgan fingerprint density at radius 2 is 2.00 bits per heavy atom. The van der Waals surface area contributed by atoms with Crippen molar-refractivity contribution in [3.05, 3.63) is 12.2 Å². The average Bonchev–Trinajstić information content (AvgIpc) is 2.34. The lowest BCUT2D eigenvalue weighted by Gasteiger charge is -2.12. The van der Waals surface area contributed by atoms with Crippen LogP contribution in [0.3, 0.4) is 0 Å². The highest BCUT2D eigenvalue weighted by Gasteiger charge is 2.03. The van der Waals surface area contributed by atoms with E-state index in [1.165, 1.54) is 0 Å². The van der Waals surface area contributed by atoms with E-state index < -0.39 is 0 Å². The van der Waals surface area contributed by atoms with Crippen LogP contribution >= 0.6 is 0 Å². The lowest BCUT2D eigenvalue weighted by Crippen LogP contribution is -2.23. The minimum absolute atomic E-state index is 0.816. The zero-order chi connectivity index (χ0) is 6.53. The molecule has 0 unspecified atom stereocenters. The van der Waals surface area contributed by atoms with Crippen molar-refractivity contribution in [2.75, 3.05) is 26.2 Å². The van der Waals surface area contributed by atoms with E-state index in [4.69, 9.17) is 5.73 Å². The van der Waals surface area contributed by atoms with Gasteiger partial charge in [-0.2, -0.15) is 0 Å². The van der Waals surface area contributed by atoms with E-state index in [0.29, 0.717) is 0 Å². The highest BCUT2D eigenvalue weighted by molar-refractivity contribution is 4.94. The molecule has 1 aliphatic rings. The maximum atomic E-state index is 5.36. The summed E-state index contributed by atoms with van der Waals surface area (Å²) in [4.78, 5) is 2.38. The Morgan fingerprint density at radius 3 is 2.56 bits per heavy atom. The average molecular weight is 126 g/mol. The molecule has 0 bridgehead atoms. The maximum absolute atomic E-state index is 5.36. The van der Waals surface area contributed by atoms with Crippen molar-refractivity contribution >= 4 is 0 Å². The Kier molecular flexibility index (Phi) is 2.74. The fourth-order valence-electron chi connectivity index (χ4n) is 1.02. The van der Waals surface area contributed by atoms with Gasteiger partial charge in [-0.05, 0) is 19.5 Å². The lowest BCUT2D eigenvalue weighted by molar-refractivity contribution is 0.349. The minimum atomic E-state index is 0.816. The standard InChI is InChI=1S/C7H14N2/c8-4-3-7-9-5-1-2-6-9/h1-2H,3-8H2. The molecule has 0 fully saturated rings. The van der Waals surface area contributed by atoms with E-state index in [9.17, 15) is 0 Å². The van der Waals surface area contributed by atoms with Crippen molar-refractivity contribution in [1.29, 1.82) is 0 Å². The molecular weight excluding hydrogens is 112 g/mol. The third-order valence-corrected chi connectivity index (χ3v) is 1.57. The molecule has 0 aromatic rings. The SMILES string of the molecule is NCCCN1CC=CC1. The summed E-state index contributed by atoms with van der Waals surface area (Å²) in [6.07, 6.45) is 5.54. The van der Waals surface area contributed by atoms with E-state index >= 15 is 0 Å². The number of hydrogen-bond acceptors (Lipinski definition) is 2. The molecule has 0 aromatic heterocycles. The summed E-state index contributed by atoms with van der Waals surface area (Å²) in [5.41, 5.74) is 5.36. The molecule has 2 N–H and O–H groups in total. The van der Waals surface area contributed by atoms with Gasteiger partial charge in [-0.3, -0.25) is 4.90 Å². The van der Waals surface area contributed by atoms with Crippen LogP contribution in [-0.2, 0) is 0 Å². The molecule has 0 aromatic carbocycles. The molecule has 0 spiro atoms. The molecule has 0 atom stereocenters. The predicted octanol–water partition coefficient (Wildman–Crippen LogP) is 0.207. The van der Waals surface area contributed by atoms with Crippen LogP contribution in [0.5, 0.6) is 0 Å². The van der Waals surface area contributed by atoms with Gasteiger partial charge in [-0.25, -0.2) is 0 Å². The normalized spacial score (nSPS) is 19.2. The zero-order valence-corrected chi connectivity index (χ0v) is 5.71. The fraction of sp³-hybridized carbons (Fsp3) is 0.714. The van der Waals surface area contributed by atoms with Crippen molar-refractivity contribution in [2.24, 2.45) is 5.73 Å². The number of nitrogens with zero attached hydrogens (tertiary/aromatic N) is 1. The van der Waals surface area contributed by atoms with Gasteiger partial charge < -0.3 is 5.73 Å². The molecule has 1 aliphatic heterocycles.